The van der Waals surface area contributed by atoms with Crippen molar-refractivity contribution in [3.63, 3.8) is 0 Å². The number of nitrogens with zero attached hydrogens (tertiary/aromatic N) is 2. The molecule has 0 radical (unpaired) electrons. The fourth-order valence-electron chi connectivity index (χ4n) is 2.23. The maximum atomic E-state index is 12.0. The third-order valence-corrected chi connectivity index (χ3v) is 3.34. The van der Waals surface area contributed by atoms with Crippen molar-refractivity contribution in [1.82, 2.24) is 15.5 Å². The Morgan fingerprint density at radius 1 is 1.26 bits per heavy atom. The highest BCUT2D eigenvalue weighted by Gasteiger charge is 2.24. The number of carbonyl (C=O) groups excluding carboxylic acids is 1. The molecule has 2 rings (SSSR count). The van der Waals surface area contributed by atoms with Crippen LogP contribution in [0.2, 0.25) is 0 Å². The van der Waals surface area contributed by atoms with Gasteiger partial charge in [-0.05, 0) is 25.0 Å². The van der Waals surface area contributed by atoms with Gasteiger partial charge in [-0.15, -0.1) is 10.2 Å². The van der Waals surface area contributed by atoms with Crippen molar-refractivity contribution >= 4 is 11.7 Å². The van der Waals surface area contributed by atoms with Crippen molar-refractivity contribution < 1.29 is 9.90 Å². The Balaban J connectivity index is 1.98. The van der Waals surface area contributed by atoms with Crippen molar-refractivity contribution in [2.75, 3.05) is 5.43 Å². The standard InChI is InChI=1S/C12H19N5O2/c13-15-11-7-6-9(16-17-11)12(19)14-8-4-2-1-3-5-10(8)18/h6-8,10,18H,1-5,13H2,(H,14,19)(H,15,17). The number of anilines is 1. The van der Waals surface area contributed by atoms with Gasteiger partial charge in [0, 0.05) is 0 Å². The van der Waals surface area contributed by atoms with E-state index in [1.807, 2.05) is 0 Å². The quantitative estimate of drug-likeness (QED) is 0.352. The summed E-state index contributed by atoms with van der Waals surface area (Å²) in [5.74, 6) is 5.25. The van der Waals surface area contributed by atoms with E-state index in [-0.39, 0.29) is 17.6 Å². The van der Waals surface area contributed by atoms with Crippen molar-refractivity contribution in [2.24, 2.45) is 5.84 Å². The maximum Gasteiger partial charge on any atom is 0.272 e. The summed E-state index contributed by atoms with van der Waals surface area (Å²) in [6.45, 7) is 0. The molecule has 1 aliphatic carbocycles. The molecule has 5 N–H and O–H groups in total. The van der Waals surface area contributed by atoms with Gasteiger partial charge in [0.2, 0.25) is 0 Å². The fourth-order valence-corrected chi connectivity index (χ4v) is 2.23. The second kappa shape index (κ2) is 6.44. The van der Waals surface area contributed by atoms with Crippen molar-refractivity contribution in [3.8, 4) is 0 Å². The summed E-state index contributed by atoms with van der Waals surface area (Å²) in [5, 5.41) is 20.3. The van der Waals surface area contributed by atoms with Crippen molar-refractivity contribution in [1.29, 1.82) is 0 Å². The number of rotatable bonds is 3. The summed E-state index contributed by atoms with van der Waals surface area (Å²) >= 11 is 0. The first-order valence-electron chi connectivity index (χ1n) is 6.50. The lowest BCUT2D eigenvalue weighted by molar-refractivity contribution is 0.0813. The molecule has 1 fully saturated rings. The zero-order chi connectivity index (χ0) is 13.7. The van der Waals surface area contributed by atoms with E-state index in [2.05, 4.69) is 20.9 Å². The smallest absolute Gasteiger partial charge is 0.272 e. The lowest BCUT2D eigenvalue weighted by Crippen LogP contribution is -2.43. The Morgan fingerprint density at radius 3 is 2.74 bits per heavy atom. The largest absolute Gasteiger partial charge is 0.391 e. The van der Waals surface area contributed by atoms with Crippen LogP contribution in [0.3, 0.4) is 0 Å². The Bertz CT molecular complexity index is 423. The summed E-state index contributed by atoms with van der Waals surface area (Å²) in [6, 6.07) is 2.91. The number of carbonyl (C=O) groups is 1. The molecule has 2 atom stereocenters. The van der Waals surface area contributed by atoms with Crippen LogP contribution in [0.25, 0.3) is 0 Å². The van der Waals surface area contributed by atoms with Gasteiger partial charge in [-0.3, -0.25) is 4.79 Å². The number of aliphatic hydroxyl groups excluding tert-OH is 1. The van der Waals surface area contributed by atoms with E-state index in [1.165, 1.54) is 0 Å². The third kappa shape index (κ3) is 3.62. The topological polar surface area (TPSA) is 113 Å². The van der Waals surface area contributed by atoms with Crippen molar-refractivity contribution in [2.45, 2.75) is 44.2 Å². The van der Waals surface area contributed by atoms with Gasteiger partial charge in [-0.1, -0.05) is 19.3 Å². The number of nitrogens with one attached hydrogen (secondary N) is 2. The fraction of sp³-hybridized carbons (Fsp3) is 0.583. The van der Waals surface area contributed by atoms with Crippen LogP contribution in [0.4, 0.5) is 5.82 Å². The van der Waals surface area contributed by atoms with Gasteiger partial charge in [0.05, 0.1) is 12.1 Å². The molecule has 0 saturated heterocycles. The zero-order valence-corrected chi connectivity index (χ0v) is 10.7. The molecular formula is C12H19N5O2. The SMILES string of the molecule is NNc1ccc(C(=O)NC2CCCCCC2O)nn1. The molecule has 0 aromatic carbocycles. The monoisotopic (exact) mass is 265 g/mol. The number of amides is 1. The van der Waals surface area contributed by atoms with Crippen LogP contribution < -0.4 is 16.6 Å². The predicted molar refractivity (Wildman–Crippen MR) is 70.2 cm³/mol. The zero-order valence-electron chi connectivity index (χ0n) is 10.7. The molecule has 1 saturated carbocycles. The molecule has 1 aliphatic rings. The summed E-state index contributed by atoms with van der Waals surface area (Å²) in [6.07, 6.45) is 4.16. The maximum absolute atomic E-state index is 12.0. The number of nitrogen functional groups attached to an aromatic ring is 1. The Hall–Kier alpha value is -1.73. The number of hydrogen-bond acceptors (Lipinski definition) is 6. The van der Waals surface area contributed by atoms with Crippen molar-refractivity contribution in [3.05, 3.63) is 17.8 Å². The minimum Gasteiger partial charge on any atom is -0.391 e. The molecule has 0 spiro atoms. The van der Waals surface area contributed by atoms with Gasteiger partial charge in [0.1, 0.15) is 0 Å². The molecule has 1 amide bonds. The predicted octanol–water partition coefficient (Wildman–Crippen LogP) is 0.186. The highest BCUT2D eigenvalue weighted by Crippen LogP contribution is 2.18. The Morgan fingerprint density at radius 2 is 2.05 bits per heavy atom. The molecule has 104 valence electrons. The molecule has 7 nitrogen and oxygen atoms in total. The van der Waals surface area contributed by atoms with Crippen LogP contribution in [0.15, 0.2) is 12.1 Å². The second-order valence-corrected chi connectivity index (χ2v) is 4.73. The van der Waals surface area contributed by atoms with E-state index >= 15 is 0 Å². The number of hydrogen-bond donors (Lipinski definition) is 4. The highest BCUT2D eigenvalue weighted by molar-refractivity contribution is 5.92. The molecule has 0 aliphatic heterocycles. The Labute approximate surface area is 111 Å². The van der Waals surface area contributed by atoms with Crippen LogP contribution in [0, 0.1) is 0 Å². The van der Waals surface area contributed by atoms with E-state index in [9.17, 15) is 9.90 Å². The normalized spacial score (nSPS) is 23.5. The average molecular weight is 265 g/mol. The van der Waals surface area contributed by atoms with Gasteiger partial charge in [0.25, 0.3) is 5.91 Å². The first-order valence-corrected chi connectivity index (χ1v) is 6.50. The van der Waals surface area contributed by atoms with Crippen LogP contribution in [0.1, 0.15) is 42.6 Å². The molecule has 2 unspecified atom stereocenters. The van der Waals surface area contributed by atoms with E-state index in [0.717, 1.165) is 32.1 Å². The Kier molecular flexibility index (Phi) is 4.64. The molecule has 7 heteroatoms. The minimum atomic E-state index is -0.482. The van der Waals surface area contributed by atoms with Gasteiger partial charge in [-0.25, -0.2) is 5.84 Å². The highest BCUT2D eigenvalue weighted by atomic mass is 16.3. The van der Waals surface area contributed by atoms with Gasteiger partial charge < -0.3 is 15.8 Å². The third-order valence-electron chi connectivity index (χ3n) is 3.34. The molecule has 1 aromatic rings. The molecule has 1 aromatic heterocycles. The lowest BCUT2D eigenvalue weighted by atomic mass is 10.1. The van der Waals surface area contributed by atoms with E-state index in [0.29, 0.717) is 5.82 Å². The minimum absolute atomic E-state index is 0.205. The van der Waals surface area contributed by atoms with Gasteiger partial charge >= 0.3 is 0 Å². The molecule has 1 heterocycles. The van der Waals surface area contributed by atoms with E-state index < -0.39 is 6.10 Å². The summed E-state index contributed by atoms with van der Waals surface area (Å²) in [4.78, 5) is 12.0. The summed E-state index contributed by atoms with van der Waals surface area (Å²) in [7, 11) is 0. The first-order chi connectivity index (χ1) is 9.20. The average Bonchev–Trinajstić information content (AvgIpc) is 2.64. The molecule has 0 bridgehead atoms. The number of hydrazine groups is 1. The van der Waals surface area contributed by atoms with E-state index in [1.54, 1.807) is 12.1 Å². The molecular weight excluding hydrogens is 246 g/mol. The summed E-state index contributed by atoms with van der Waals surface area (Å²) in [5.41, 5.74) is 2.56. The molecule has 19 heavy (non-hydrogen) atoms. The van der Waals surface area contributed by atoms with Crippen LogP contribution >= 0.6 is 0 Å². The number of aromatic nitrogens is 2. The lowest BCUT2D eigenvalue weighted by Gasteiger charge is -2.21. The van der Waals surface area contributed by atoms with Crippen LogP contribution in [-0.2, 0) is 0 Å². The first kappa shape index (κ1) is 13.7. The van der Waals surface area contributed by atoms with E-state index in [4.69, 9.17) is 5.84 Å². The van der Waals surface area contributed by atoms with Crippen LogP contribution in [-0.4, -0.2) is 33.4 Å². The van der Waals surface area contributed by atoms with Crippen LogP contribution in [0.5, 0.6) is 0 Å². The van der Waals surface area contributed by atoms with Gasteiger partial charge in [0.15, 0.2) is 11.5 Å². The number of nitrogens with two attached hydrogens (primary N) is 1. The number of aliphatic hydroxyl groups is 1. The van der Waals surface area contributed by atoms with Gasteiger partial charge in [-0.2, -0.15) is 0 Å². The summed E-state index contributed by atoms with van der Waals surface area (Å²) < 4.78 is 0. The second-order valence-electron chi connectivity index (χ2n) is 4.73.